The highest BCUT2D eigenvalue weighted by molar-refractivity contribution is 6.99. The Morgan fingerprint density at radius 3 is 1.69 bits per heavy atom. The van der Waals surface area contributed by atoms with Crippen molar-refractivity contribution in [2.24, 2.45) is 0 Å². The third-order valence-corrected chi connectivity index (χ3v) is 9.68. The molecule has 1 aromatic rings. The largest absolute Gasteiger partial charge is 0.470 e. The summed E-state index contributed by atoms with van der Waals surface area (Å²) in [6, 6.07) is 0. The third-order valence-electron chi connectivity index (χ3n) is 9.18. The summed E-state index contributed by atoms with van der Waals surface area (Å²) in [7, 11) is 0. The molecule has 2 rings (SSSR count). The van der Waals surface area contributed by atoms with Crippen molar-refractivity contribution in [3.05, 3.63) is 0 Å². The van der Waals surface area contributed by atoms with E-state index in [-0.39, 0.29) is 25.1 Å². The van der Waals surface area contributed by atoms with Crippen molar-refractivity contribution in [1.29, 1.82) is 0 Å². The molecule has 0 spiro atoms. The molecule has 0 bridgehead atoms. The second-order valence-electron chi connectivity index (χ2n) is 15.5. The van der Waals surface area contributed by atoms with Crippen molar-refractivity contribution >= 4 is 41.4 Å². The summed E-state index contributed by atoms with van der Waals surface area (Å²) in [5.41, 5.74) is -0.277. The number of nitrogens with zero attached hydrogens (tertiary/aromatic N) is 3. The second kappa shape index (κ2) is 27.5. The summed E-state index contributed by atoms with van der Waals surface area (Å²) in [5, 5.41) is 3.29. The molecule has 0 radical (unpaired) electrons. The van der Waals surface area contributed by atoms with Gasteiger partial charge >= 0.3 is 23.9 Å². The van der Waals surface area contributed by atoms with Gasteiger partial charge < -0.3 is 38.6 Å². The average molecular weight is 799 g/mol. The zero-order valence-corrected chi connectivity index (χ0v) is 35.5. The highest BCUT2D eigenvalue weighted by Crippen LogP contribution is 2.26. The Kier molecular flexibility index (Phi) is 24.1. The molecule has 0 amide bonds. The van der Waals surface area contributed by atoms with E-state index in [4.69, 9.17) is 28.4 Å². The van der Waals surface area contributed by atoms with Crippen LogP contribution in [0.1, 0.15) is 151 Å². The number of rotatable bonds is 29. The molecular formula is C40H70N4O10S. The molecule has 4 unspecified atom stereocenters. The molecule has 15 heteroatoms. The topological polar surface area (TPSA) is 165 Å². The molecule has 4 atom stereocenters. The van der Waals surface area contributed by atoms with Crippen molar-refractivity contribution in [2.75, 3.05) is 44.4 Å². The lowest BCUT2D eigenvalue weighted by Crippen LogP contribution is -2.45. The van der Waals surface area contributed by atoms with E-state index in [1.54, 1.807) is 0 Å². The van der Waals surface area contributed by atoms with Crippen LogP contribution < -0.4 is 15.0 Å². The van der Waals surface area contributed by atoms with Gasteiger partial charge in [-0.25, -0.2) is 14.4 Å². The summed E-state index contributed by atoms with van der Waals surface area (Å²) in [6.45, 7) is 15.0. The average Bonchev–Trinajstić information content (AvgIpc) is 3.62. The van der Waals surface area contributed by atoms with Crippen molar-refractivity contribution in [3.8, 4) is 5.88 Å². The minimum Gasteiger partial charge on any atom is -0.470 e. The minimum atomic E-state index is -1.35. The summed E-state index contributed by atoms with van der Waals surface area (Å²) in [5.74, 6) is -2.18. The van der Waals surface area contributed by atoms with Gasteiger partial charge in [-0.15, -0.1) is 4.37 Å². The fraction of sp³-hybridized carbons (Fsp3) is 0.850. The molecule has 1 aromatic heterocycles. The van der Waals surface area contributed by atoms with E-state index in [9.17, 15) is 19.2 Å². The van der Waals surface area contributed by atoms with E-state index in [1.807, 2.05) is 25.7 Å². The molecule has 1 saturated heterocycles. The lowest BCUT2D eigenvalue weighted by atomic mass is 10.0. The van der Waals surface area contributed by atoms with Gasteiger partial charge in [-0.3, -0.25) is 4.79 Å². The van der Waals surface area contributed by atoms with Crippen LogP contribution in [0.25, 0.3) is 0 Å². The molecule has 1 fully saturated rings. The van der Waals surface area contributed by atoms with Gasteiger partial charge in [0.05, 0.1) is 24.9 Å². The van der Waals surface area contributed by atoms with Gasteiger partial charge in [0, 0.05) is 31.6 Å². The van der Waals surface area contributed by atoms with Crippen LogP contribution in [0.3, 0.4) is 0 Å². The number of hydrogen-bond acceptors (Lipinski definition) is 15. The number of hydrogen-bond donors (Lipinski definition) is 1. The van der Waals surface area contributed by atoms with E-state index in [0.717, 1.165) is 31.0 Å². The molecule has 0 aliphatic carbocycles. The van der Waals surface area contributed by atoms with Crippen molar-refractivity contribution < 1.29 is 47.6 Å². The zero-order chi connectivity index (χ0) is 40.5. The maximum atomic E-state index is 13.0. The van der Waals surface area contributed by atoms with Crippen LogP contribution in [0.4, 0.5) is 5.82 Å². The number of unbranched alkanes of at least 4 members (excludes halogenated alkanes) is 14. The minimum absolute atomic E-state index is 0.0255. The van der Waals surface area contributed by atoms with Crippen LogP contribution in [0.2, 0.25) is 0 Å². The summed E-state index contributed by atoms with van der Waals surface area (Å²) < 4.78 is 41.4. The molecule has 14 nitrogen and oxygen atoms in total. The monoisotopic (exact) mass is 798 g/mol. The van der Waals surface area contributed by atoms with Crippen LogP contribution in [0.5, 0.6) is 5.88 Å². The van der Waals surface area contributed by atoms with Gasteiger partial charge in [-0.1, -0.05) is 96.8 Å². The van der Waals surface area contributed by atoms with E-state index in [1.165, 1.54) is 91.4 Å². The van der Waals surface area contributed by atoms with Crippen LogP contribution in [0.15, 0.2) is 0 Å². The number of morpholine rings is 1. The highest BCUT2D eigenvalue weighted by atomic mass is 32.1. The van der Waals surface area contributed by atoms with Crippen molar-refractivity contribution in [3.63, 3.8) is 0 Å². The lowest BCUT2D eigenvalue weighted by molar-refractivity contribution is -0.183. The van der Waals surface area contributed by atoms with E-state index in [2.05, 4.69) is 21.0 Å². The third kappa shape index (κ3) is 21.7. The van der Waals surface area contributed by atoms with Gasteiger partial charge in [-0.05, 0) is 48.0 Å². The molecule has 1 N–H and O–H groups in total. The molecule has 316 valence electrons. The van der Waals surface area contributed by atoms with Crippen LogP contribution in [-0.4, -0.2) is 102 Å². The maximum absolute atomic E-state index is 13.0. The van der Waals surface area contributed by atoms with E-state index >= 15 is 0 Å². The van der Waals surface area contributed by atoms with Crippen molar-refractivity contribution in [1.82, 2.24) is 14.1 Å². The van der Waals surface area contributed by atoms with Gasteiger partial charge in [-0.2, -0.15) is 4.37 Å². The normalized spacial score (nSPS) is 15.4. The lowest BCUT2D eigenvalue weighted by Gasteiger charge is -2.28. The van der Waals surface area contributed by atoms with Crippen LogP contribution in [0, 0.1) is 0 Å². The van der Waals surface area contributed by atoms with Gasteiger partial charge in [0.25, 0.3) is 5.88 Å². The first kappa shape index (κ1) is 48.1. The Morgan fingerprint density at radius 1 is 0.709 bits per heavy atom. The standard InChI is InChI=1S/C40H70N4O10S/c1-8-9-10-11-12-13-14-15-16-17-18-19-20-21-22-23-34(45)51-30(2)37(46)52-31(3)38(47)53-32(4)39(48)54-33(28-41-40(5,6)7)29-50-36-35(42-55-43-36)44-24-26-49-27-25-44/h30-33,41H,8-29H2,1-7H3. The molecule has 1 aliphatic rings. The smallest absolute Gasteiger partial charge is 0.347 e. The Balaban J connectivity index is 1.66. The molecule has 2 heterocycles. The van der Waals surface area contributed by atoms with E-state index in [0.29, 0.717) is 44.4 Å². The van der Waals surface area contributed by atoms with Gasteiger partial charge in [0.15, 0.2) is 18.3 Å². The van der Waals surface area contributed by atoms with Gasteiger partial charge in [0.1, 0.15) is 12.7 Å². The SMILES string of the molecule is CCCCCCCCCCCCCCCCCC(=O)OC(C)C(=O)OC(C)C(=O)OC(C)C(=O)OC(CNC(C)(C)C)COc1nsnc1N1CCOCC1. The fourth-order valence-corrected chi connectivity index (χ4v) is 6.32. The van der Waals surface area contributed by atoms with Crippen LogP contribution in [-0.2, 0) is 42.9 Å². The van der Waals surface area contributed by atoms with Crippen LogP contribution >= 0.6 is 11.7 Å². The van der Waals surface area contributed by atoms with Gasteiger partial charge in [0.2, 0.25) is 5.82 Å². The molecule has 0 aromatic carbocycles. The number of anilines is 1. The first-order chi connectivity index (χ1) is 26.3. The quantitative estimate of drug-likeness (QED) is 0.0495. The molecule has 55 heavy (non-hydrogen) atoms. The first-order valence-corrected chi connectivity index (χ1v) is 21.4. The Labute approximate surface area is 333 Å². The van der Waals surface area contributed by atoms with E-state index < -0.39 is 48.3 Å². The summed E-state index contributed by atoms with van der Waals surface area (Å²) in [4.78, 5) is 52.7. The number of ether oxygens (including phenoxy) is 6. The second-order valence-corrected chi connectivity index (χ2v) is 16.0. The number of esters is 4. The summed E-state index contributed by atoms with van der Waals surface area (Å²) in [6.07, 6.45) is 14.0. The highest BCUT2D eigenvalue weighted by Gasteiger charge is 2.30. The molecule has 0 saturated carbocycles. The molecule has 1 aliphatic heterocycles. The number of nitrogens with one attached hydrogen (secondary N) is 1. The maximum Gasteiger partial charge on any atom is 0.347 e. The Hall–Kier alpha value is -3.04. The Morgan fingerprint density at radius 2 is 1.18 bits per heavy atom. The zero-order valence-electron chi connectivity index (χ0n) is 34.7. The van der Waals surface area contributed by atoms with Crippen molar-refractivity contribution in [2.45, 2.75) is 181 Å². The number of carbonyl (C=O) groups excluding carboxylic acids is 4. The number of aromatic nitrogens is 2. The summed E-state index contributed by atoms with van der Waals surface area (Å²) >= 11 is 1.03. The predicted molar refractivity (Wildman–Crippen MR) is 212 cm³/mol. The first-order valence-electron chi connectivity index (χ1n) is 20.6. The number of carbonyl (C=O) groups is 4. The Bertz CT molecular complexity index is 1240. The predicted octanol–water partition coefficient (Wildman–Crippen LogP) is 7.11. The fourth-order valence-electron chi connectivity index (χ4n) is 5.80. The molecular weight excluding hydrogens is 729 g/mol.